The Morgan fingerprint density at radius 1 is 1.89 bits per heavy atom. The zero-order valence-corrected chi connectivity index (χ0v) is 6.34. The van der Waals surface area contributed by atoms with Crippen LogP contribution in [0.4, 0.5) is 0 Å². The summed E-state index contributed by atoms with van der Waals surface area (Å²) in [6.07, 6.45) is 1.30. The maximum Gasteiger partial charge on any atom is 0.335 e. The molecule has 0 bridgehead atoms. The largest absolute Gasteiger partial charge is 0.496 e. The number of alkyl halides is 1. The zero-order valence-electron chi connectivity index (χ0n) is 4.76. The van der Waals surface area contributed by atoms with Crippen LogP contribution in [0.3, 0.4) is 0 Å². The summed E-state index contributed by atoms with van der Waals surface area (Å²) in [5.41, 5.74) is 0. The van der Waals surface area contributed by atoms with Gasteiger partial charge in [-0.2, -0.15) is 0 Å². The highest BCUT2D eigenvalue weighted by Crippen LogP contribution is 2.20. The van der Waals surface area contributed by atoms with E-state index in [0.717, 1.165) is 0 Å². The fourth-order valence-corrected chi connectivity index (χ4v) is 1.03. The third kappa shape index (κ3) is 1.24. The first-order chi connectivity index (χ1) is 4.24. The van der Waals surface area contributed by atoms with Crippen molar-refractivity contribution in [2.45, 2.75) is 5.01 Å². The molecule has 50 valence electrons. The number of carbonyl (C=O) groups is 1. The zero-order chi connectivity index (χ0) is 6.85. The van der Waals surface area contributed by atoms with Crippen molar-refractivity contribution in [3.05, 3.63) is 11.8 Å². The molecule has 1 atom stereocenters. The van der Waals surface area contributed by atoms with Crippen molar-refractivity contribution in [3.63, 3.8) is 0 Å². The molecule has 0 aromatic heterocycles. The molecule has 0 amide bonds. The van der Waals surface area contributed by atoms with Gasteiger partial charge in [-0.3, -0.25) is 0 Å². The number of ether oxygens (including phenoxy) is 2. The molecule has 0 saturated heterocycles. The van der Waals surface area contributed by atoms with Crippen LogP contribution in [0.1, 0.15) is 0 Å². The number of carbonyl (C=O) groups excluding carboxylic acids is 1. The summed E-state index contributed by atoms with van der Waals surface area (Å²) in [4.78, 5) is 10.4. The second-order valence-electron chi connectivity index (χ2n) is 1.50. The fourth-order valence-electron chi connectivity index (χ4n) is 0.527. The van der Waals surface area contributed by atoms with Crippen molar-refractivity contribution in [3.8, 4) is 0 Å². The van der Waals surface area contributed by atoms with E-state index in [1.54, 1.807) is 0 Å². The van der Waals surface area contributed by atoms with Crippen molar-refractivity contribution in [1.82, 2.24) is 0 Å². The lowest BCUT2D eigenvalue weighted by atomic mass is 10.5. The Bertz CT molecular complexity index is 164. The molecular weight excluding hydrogens is 188 g/mol. The van der Waals surface area contributed by atoms with E-state index in [4.69, 9.17) is 4.74 Å². The first-order valence-electron chi connectivity index (χ1n) is 2.34. The van der Waals surface area contributed by atoms with Gasteiger partial charge in [-0.15, -0.1) is 0 Å². The molecule has 0 spiro atoms. The Hall–Kier alpha value is -0.510. The van der Waals surface area contributed by atoms with Gasteiger partial charge in [0.15, 0.2) is 5.76 Å². The molecule has 1 aliphatic heterocycles. The molecular formula is C5H5BrO3. The van der Waals surface area contributed by atoms with Crippen LogP contribution < -0.4 is 0 Å². The van der Waals surface area contributed by atoms with Gasteiger partial charge in [-0.25, -0.2) is 4.79 Å². The minimum atomic E-state index is -0.394. The standard InChI is InChI=1S/C5H5BrO3/c1-8-3-2-4(7)9-5(3)6/h2,5H,1H3. The fraction of sp³-hybridized carbons (Fsp3) is 0.400. The van der Waals surface area contributed by atoms with Gasteiger partial charge in [0, 0.05) is 0 Å². The second-order valence-corrected chi connectivity index (χ2v) is 2.34. The molecule has 4 heteroatoms. The van der Waals surface area contributed by atoms with E-state index in [9.17, 15) is 4.79 Å². The highest BCUT2D eigenvalue weighted by atomic mass is 79.9. The lowest BCUT2D eigenvalue weighted by Gasteiger charge is -2.02. The normalized spacial score (nSPS) is 25.3. The van der Waals surface area contributed by atoms with E-state index in [0.29, 0.717) is 5.76 Å². The lowest BCUT2D eigenvalue weighted by Crippen LogP contribution is -2.02. The van der Waals surface area contributed by atoms with E-state index in [1.165, 1.54) is 13.2 Å². The predicted octanol–water partition coefficient (Wildman–Crippen LogP) is 0.794. The number of methoxy groups -OCH3 is 1. The molecule has 1 aliphatic rings. The Labute approximate surface area is 60.8 Å². The van der Waals surface area contributed by atoms with Crippen LogP contribution in [-0.4, -0.2) is 18.1 Å². The Morgan fingerprint density at radius 3 is 2.78 bits per heavy atom. The molecule has 0 N–H and O–H groups in total. The quantitative estimate of drug-likeness (QED) is 0.456. The first kappa shape index (κ1) is 6.61. The van der Waals surface area contributed by atoms with Crippen LogP contribution in [0.25, 0.3) is 0 Å². The number of hydrogen-bond acceptors (Lipinski definition) is 3. The first-order valence-corrected chi connectivity index (χ1v) is 3.26. The molecule has 1 unspecified atom stereocenters. The average molecular weight is 193 g/mol. The summed E-state index contributed by atoms with van der Waals surface area (Å²) >= 11 is 3.07. The van der Waals surface area contributed by atoms with E-state index < -0.39 is 5.01 Å². The van der Waals surface area contributed by atoms with Gasteiger partial charge in [0.2, 0.25) is 5.01 Å². The maximum absolute atomic E-state index is 10.4. The van der Waals surface area contributed by atoms with Gasteiger partial charge in [-0.1, -0.05) is 0 Å². The molecule has 0 saturated carbocycles. The topological polar surface area (TPSA) is 35.5 Å². The number of rotatable bonds is 1. The average Bonchev–Trinajstić information content (AvgIpc) is 2.10. The van der Waals surface area contributed by atoms with Crippen molar-refractivity contribution < 1.29 is 14.3 Å². The Morgan fingerprint density at radius 2 is 2.56 bits per heavy atom. The number of hydrogen-bond donors (Lipinski definition) is 0. The van der Waals surface area contributed by atoms with E-state index in [1.807, 2.05) is 0 Å². The number of esters is 1. The second kappa shape index (κ2) is 2.39. The minimum absolute atomic E-state index is 0.367. The molecule has 0 aromatic rings. The van der Waals surface area contributed by atoms with Gasteiger partial charge in [0.05, 0.1) is 13.2 Å². The molecule has 1 heterocycles. The smallest absolute Gasteiger partial charge is 0.335 e. The summed E-state index contributed by atoms with van der Waals surface area (Å²) < 4.78 is 9.39. The van der Waals surface area contributed by atoms with Gasteiger partial charge < -0.3 is 9.47 Å². The third-order valence-electron chi connectivity index (χ3n) is 0.939. The predicted molar refractivity (Wildman–Crippen MR) is 33.9 cm³/mol. The van der Waals surface area contributed by atoms with E-state index in [-0.39, 0.29) is 5.97 Å². The summed E-state index contributed by atoms with van der Waals surface area (Å²) in [6.45, 7) is 0. The van der Waals surface area contributed by atoms with Crippen LogP contribution in [0.15, 0.2) is 11.8 Å². The van der Waals surface area contributed by atoms with Crippen molar-refractivity contribution in [1.29, 1.82) is 0 Å². The molecule has 0 radical (unpaired) electrons. The van der Waals surface area contributed by atoms with Gasteiger partial charge in [0.25, 0.3) is 0 Å². The van der Waals surface area contributed by atoms with Crippen LogP contribution in [0.5, 0.6) is 0 Å². The molecule has 0 fully saturated rings. The van der Waals surface area contributed by atoms with Gasteiger partial charge >= 0.3 is 5.97 Å². The van der Waals surface area contributed by atoms with Crippen molar-refractivity contribution in [2.75, 3.05) is 7.11 Å². The van der Waals surface area contributed by atoms with Crippen LogP contribution in [0, 0.1) is 0 Å². The molecule has 0 aliphatic carbocycles. The third-order valence-corrected chi connectivity index (χ3v) is 1.58. The van der Waals surface area contributed by atoms with E-state index >= 15 is 0 Å². The minimum Gasteiger partial charge on any atom is -0.496 e. The molecule has 3 nitrogen and oxygen atoms in total. The monoisotopic (exact) mass is 192 g/mol. The summed E-state index contributed by atoms with van der Waals surface area (Å²) in [7, 11) is 1.49. The summed E-state index contributed by atoms with van der Waals surface area (Å²) in [5.74, 6) is 0.147. The molecule has 9 heavy (non-hydrogen) atoms. The maximum atomic E-state index is 10.4. The molecule has 1 rings (SSSR count). The van der Waals surface area contributed by atoms with Gasteiger partial charge in [0.1, 0.15) is 0 Å². The van der Waals surface area contributed by atoms with Crippen LogP contribution in [0.2, 0.25) is 0 Å². The number of halogens is 1. The Kier molecular flexibility index (Phi) is 1.75. The van der Waals surface area contributed by atoms with Crippen LogP contribution >= 0.6 is 15.9 Å². The Balaban J connectivity index is 2.68. The number of cyclic esters (lactones) is 1. The van der Waals surface area contributed by atoms with Crippen molar-refractivity contribution >= 4 is 21.9 Å². The van der Waals surface area contributed by atoms with Crippen LogP contribution in [-0.2, 0) is 14.3 Å². The van der Waals surface area contributed by atoms with Crippen molar-refractivity contribution in [2.24, 2.45) is 0 Å². The summed E-state index contributed by atoms with van der Waals surface area (Å²) in [6, 6.07) is 0. The van der Waals surface area contributed by atoms with E-state index in [2.05, 4.69) is 20.7 Å². The highest BCUT2D eigenvalue weighted by Gasteiger charge is 2.23. The lowest BCUT2D eigenvalue weighted by molar-refractivity contribution is -0.136. The highest BCUT2D eigenvalue weighted by molar-refractivity contribution is 9.09. The summed E-state index contributed by atoms with van der Waals surface area (Å²) in [5, 5.41) is -0.394. The SMILES string of the molecule is COC1=CC(=O)OC1Br. The van der Waals surface area contributed by atoms with Gasteiger partial charge in [-0.05, 0) is 15.9 Å². The molecule has 0 aromatic carbocycles.